The van der Waals surface area contributed by atoms with Crippen molar-refractivity contribution in [3.63, 3.8) is 0 Å². The molecular weight excluding hydrogens is 308 g/mol. The zero-order valence-electron chi connectivity index (χ0n) is 13.6. The molecule has 0 spiro atoms. The van der Waals surface area contributed by atoms with E-state index >= 15 is 0 Å². The fourth-order valence-corrected chi connectivity index (χ4v) is 2.61. The highest BCUT2D eigenvalue weighted by atomic mass is 16.5. The third kappa shape index (κ3) is 3.70. The van der Waals surface area contributed by atoms with E-state index in [9.17, 15) is 4.79 Å². The Kier molecular flexibility index (Phi) is 4.74. The summed E-state index contributed by atoms with van der Waals surface area (Å²) in [5.74, 6) is 1.80. The maximum Gasteiger partial charge on any atom is 0.220 e. The first-order valence-corrected chi connectivity index (χ1v) is 7.79. The van der Waals surface area contributed by atoms with Gasteiger partial charge in [-0.25, -0.2) is 15.0 Å². The van der Waals surface area contributed by atoms with Crippen LogP contribution < -0.4 is 15.4 Å². The standard InChI is InChI=1S/C16H20N6O2/c1-12(23)21-7-9-22(10-8-21)15-14(3-2-5-18-15)24-11-13-4-6-19-16(17)20-13/h2-6H,7-11H2,1H3,(H2,17,19,20). The van der Waals surface area contributed by atoms with Gasteiger partial charge in [-0.05, 0) is 18.2 Å². The van der Waals surface area contributed by atoms with Gasteiger partial charge in [-0.3, -0.25) is 4.79 Å². The molecule has 1 amide bonds. The fourth-order valence-electron chi connectivity index (χ4n) is 2.61. The van der Waals surface area contributed by atoms with Crippen LogP contribution in [0.5, 0.6) is 5.75 Å². The molecule has 2 aromatic heterocycles. The number of rotatable bonds is 4. The third-order valence-corrected chi connectivity index (χ3v) is 3.88. The van der Waals surface area contributed by atoms with Crippen molar-refractivity contribution >= 4 is 17.7 Å². The van der Waals surface area contributed by atoms with E-state index in [0.29, 0.717) is 31.1 Å². The van der Waals surface area contributed by atoms with Gasteiger partial charge in [0.15, 0.2) is 11.6 Å². The predicted molar refractivity (Wildman–Crippen MR) is 89.5 cm³/mol. The van der Waals surface area contributed by atoms with Crippen molar-refractivity contribution in [2.45, 2.75) is 13.5 Å². The normalized spacial score (nSPS) is 14.5. The largest absolute Gasteiger partial charge is 0.483 e. The van der Waals surface area contributed by atoms with Crippen molar-refractivity contribution < 1.29 is 9.53 Å². The molecule has 0 aliphatic carbocycles. The first-order valence-electron chi connectivity index (χ1n) is 7.79. The Labute approximate surface area is 140 Å². The number of hydrogen-bond donors (Lipinski definition) is 1. The van der Waals surface area contributed by atoms with Crippen LogP contribution >= 0.6 is 0 Å². The Hall–Kier alpha value is -2.90. The van der Waals surface area contributed by atoms with Gasteiger partial charge in [-0.15, -0.1) is 0 Å². The van der Waals surface area contributed by atoms with Gasteiger partial charge < -0.3 is 20.3 Å². The number of piperazine rings is 1. The predicted octanol–water partition coefficient (Wildman–Crippen LogP) is 0.701. The Morgan fingerprint density at radius 2 is 2.00 bits per heavy atom. The number of pyridine rings is 1. The molecule has 2 aromatic rings. The lowest BCUT2D eigenvalue weighted by Crippen LogP contribution is -2.48. The van der Waals surface area contributed by atoms with E-state index < -0.39 is 0 Å². The molecule has 24 heavy (non-hydrogen) atoms. The topological polar surface area (TPSA) is 97.5 Å². The molecule has 0 bridgehead atoms. The SMILES string of the molecule is CC(=O)N1CCN(c2ncccc2OCc2ccnc(N)n2)CC1. The Bertz CT molecular complexity index is 715. The Morgan fingerprint density at radius 1 is 1.21 bits per heavy atom. The first kappa shape index (κ1) is 16.0. The van der Waals surface area contributed by atoms with Crippen LogP contribution in [-0.4, -0.2) is 51.9 Å². The van der Waals surface area contributed by atoms with E-state index in [2.05, 4.69) is 19.9 Å². The number of ether oxygens (including phenoxy) is 1. The van der Waals surface area contributed by atoms with Crippen molar-refractivity contribution in [2.75, 3.05) is 36.8 Å². The van der Waals surface area contributed by atoms with Crippen molar-refractivity contribution in [2.24, 2.45) is 0 Å². The Balaban J connectivity index is 1.68. The second kappa shape index (κ2) is 7.12. The number of amides is 1. The van der Waals surface area contributed by atoms with Gasteiger partial charge in [-0.1, -0.05) is 0 Å². The molecule has 3 heterocycles. The number of anilines is 2. The van der Waals surface area contributed by atoms with E-state index in [1.807, 2.05) is 17.0 Å². The van der Waals surface area contributed by atoms with E-state index in [1.165, 1.54) is 0 Å². The quantitative estimate of drug-likeness (QED) is 0.882. The van der Waals surface area contributed by atoms with Crippen LogP contribution in [0.4, 0.5) is 11.8 Å². The van der Waals surface area contributed by atoms with Crippen LogP contribution in [0.15, 0.2) is 30.6 Å². The number of aromatic nitrogens is 3. The molecule has 0 aromatic carbocycles. The lowest BCUT2D eigenvalue weighted by molar-refractivity contribution is -0.129. The summed E-state index contributed by atoms with van der Waals surface area (Å²) in [5, 5.41) is 0. The highest BCUT2D eigenvalue weighted by molar-refractivity contribution is 5.73. The molecule has 2 N–H and O–H groups in total. The average Bonchev–Trinajstić information content (AvgIpc) is 2.60. The summed E-state index contributed by atoms with van der Waals surface area (Å²) in [6.07, 6.45) is 3.34. The van der Waals surface area contributed by atoms with Gasteiger partial charge in [0.25, 0.3) is 0 Å². The lowest BCUT2D eigenvalue weighted by Gasteiger charge is -2.35. The van der Waals surface area contributed by atoms with Crippen LogP contribution in [0.2, 0.25) is 0 Å². The van der Waals surface area contributed by atoms with Gasteiger partial charge >= 0.3 is 0 Å². The molecule has 126 valence electrons. The maximum atomic E-state index is 11.4. The van der Waals surface area contributed by atoms with Gasteiger partial charge in [-0.2, -0.15) is 0 Å². The monoisotopic (exact) mass is 328 g/mol. The number of carbonyl (C=O) groups excluding carboxylic acids is 1. The minimum absolute atomic E-state index is 0.105. The van der Waals surface area contributed by atoms with Crippen molar-refractivity contribution in [1.29, 1.82) is 0 Å². The molecule has 1 saturated heterocycles. The molecule has 3 rings (SSSR count). The smallest absolute Gasteiger partial charge is 0.220 e. The molecule has 1 aliphatic heterocycles. The van der Waals surface area contributed by atoms with Gasteiger partial charge in [0.05, 0.1) is 5.69 Å². The van der Waals surface area contributed by atoms with Crippen LogP contribution in [0.3, 0.4) is 0 Å². The molecule has 0 radical (unpaired) electrons. The lowest BCUT2D eigenvalue weighted by atomic mass is 10.3. The number of hydrogen-bond acceptors (Lipinski definition) is 7. The molecule has 0 atom stereocenters. The van der Waals surface area contributed by atoms with E-state index in [4.69, 9.17) is 10.5 Å². The van der Waals surface area contributed by atoms with E-state index in [1.54, 1.807) is 25.4 Å². The van der Waals surface area contributed by atoms with E-state index in [0.717, 1.165) is 18.9 Å². The molecule has 0 saturated carbocycles. The maximum absolute atomic E-state index is 11.4. The molecule has 8 heteroatoms. The number of carbonyl (C=O) groups is 1. The number of nitrogens with two attached hydrogens (primary N) is 1. The second-order valence-corrected chi connectivity index (χ2v) is 5.51. The summed E-state index contributed by atoms with van der Waals surface area (Å²) in [6, 6.07) is 5.47. The number of nitrogen functional groups attached to an aromatic ring is 1. The minimum Gasteiger partial charge on any atom is -0.483 e. The molecule has 8 nitrogen and oxygen atoms in total. The fraction of sp³-hybridized carbons (Fsp3) is 0.375. The second-order valence-electron chi connectivity index (χ2n) is 5.51. The zero-order chi connectivity index (χ0) is 16.9. The van der Waals surface area contributed by atoms with Gasteiger partial charge in [0.1, 0.15) is 6.61 Å². The molecular formula is C16H20N6O2. The first-order chi connectivity index (χ1) is 11.6. The summed E-state index contributed by atoms with van der Waals surface area (Å²) < 4.78 is 5.88. The zero-order valence-corrected chi connectivity index (χ0v) is 13.6. The summed E-state index contributed by atoms with van der Waals surface area (Å²) in [4.78, 5) is 27.8. The minimum atomic E-state index is 0.105. The van der Waals surface area contributed by atoms with Crippen molar-refractivity contribution in [3.8, 4) is 5.75 Å². The van der Waals surface area contributed by atoms with Crippen molar-refractivity contribution in [3.05, 3.63) is 36.3 Å². The van der Waals surface area contributed by atoms with Crippen LogP contribution in [0.1, 0.15) is 12.6 Å². The Morgan fingerprint density at radius 3 is 2.71 bits per heavy atom. The third-order valence-electron chi connectivity index (χ3n) is 3.88. The highest BCUT2D eigenvalue weighted by Gasteiger charge is 2.22. The van der Waals surface area contributed by atoms with Gasteiger partial charge in [0, 0.05) is 45.5 Å². The molecule has 0 unspecified atom stereocenters. The highest BCUT2D eigenvalue weighted by Crippen LogP contribution is 2.26. The van der Waals surface area contributed by atoms with Gasteiger partial charge in [0.2, 0.25) is 11.9 Å². The van der Waals surface area contributed by atoms with Crippen LogP contribution in [0.25, 0.3) is 0 Å². The number of nitrogens with zero attached hydrogens (tertiary/aromatic N) is 5. The summed E-state index contributed by atoms with van der Waals surface area (Å²) in [6.45, 7) is 4.72. The van der Waals surface area contributed by atoms with E-state index in [-0.39, 0.29) is 11.9 Å². The van der Waals surface area contributed by atoms with Crippen molar-refractivity contribution in [1.82, 2.24) is 19.9 Å². The summed E-state index contributed by atoms with van der Waals surface area (Å²) >= 11 is 0. The molecule has 1 fully saturated rings. The average molecular weight is 328 g/mol. The van der Waals surface area contributed by atoms with Crippen LogP contribution in [0, 0.1) is 0 Å². The van der Waals surface area contributed by atoms with Crippen LogP contribution in [-0.2, 0) is 11.4 Å². The summed E-state index contributed by atoms with van der Waals surface area (Å²) in [5.41, 5.74) is 6.29. The summed E-state index contributed by atoms with van der Waals surface area (Å²) in [7, 11) is 0. The molecule has 1 aliphatic rings.